The van der Waals surface area contributed by atoms with Crippen LogP contribution in [0.1, 0.15) is 31.9 Å². The van der Waals surface area contributed by atoms with Gasteiger partial charge in [0.15, 0.2) is 0 Å². The minimum Gasteiger partial charge on any atom is -0.349 e. The summed E-state index contributed by atoms with van der Waals surface area (Å²) in [6, 6.07) is 17.4. The van der Waals surface area contributed by atoms with Crippen LogP contribution in [0.25, 0.3) is 6.08 Å². The van der Waals surface area contributed by atoms with Gasteiger partial charge in [-0.05, 0) is 41.3 Å². The molecule has 1 N–H and O–H groups in total. The number of nitrogens with zero attached hydrogens (tertiary/aromatic N) is 1. The standard InChI is InChI=1S/C22H25BrN2/c1-16-14-24-22(13-12-17-8-10-18(23)11-9-17)21(2,3)19-6-4-5-7-20(19)25(22)15-16/h4-13,16,24H,14-15H2,1-3H3/b13-12+. The maximum Gasteiger partial charge on any atom is 0.120 e. The fourth-order valence-corrected chi connectivity index (χ4v) is 4.65. The van der Waals surface area contributed by atoms with Gasteiger partial charge in [0.25, 0.3) is 0 Å². The summed E-state index contributed by atoms with van der Waals surface area (Å²) in [6.07, 6.45) is 4.64. The van der Waals surface area contributed by atoms with Gasteiger partial charge in [-0.1, -0.05) is 73.1 Å². The molecule has 0 aliphatic carbocycles. The van der Waals surface area contributed by atoms with Crippen molar-refractivity contribution in [3.63, 3.8) is 0 Å². The van der Waals surface area contributed by atoms with E-state index in [4.69, 9.17) is 0 Å². The third-order valence-electron chi connectivity index (χ3n) is 5.85. The molecule has 2 aliphatic rings. The van der Waals surface area contributed by atoms with Crippen LogP contribution in [0.2, 0.25) is 0 Å². The number of nitrogens with one attached hydrogen (secondary N) is 1. The Kier molecular flexibility index (Phi) is 4.04. The van der Waals surface area contributed by atoms with Gasteiger partial charge in [-0.25, -0.2) is 0 Å². The zero-order chi connectivity index (χ0) is 17.7. The second-order valence-electron chi connectivity index (χ2n) is 7.89. The molecule has 2 aromatic carbocycles. The minimum atomic E-state index is -0.184. The lowest BCUT2D eigenvalue weighted by Gasteiger charge is -2.51. The summed E-state index contributed by atoms with van der Waals surface area (Å²) in [5, 5.41) is 3.89. The second-order valence-corrected chi connectivity index (χ2v) is 8.81. The molecule has 1 fully saturated rings. The number of anilines is 1. The quantitative estimate of drug-likeness (QED) is 0.750. The summed E-state index contributed by atoms with van der Waals surface area (Å²) in [7, 11) is 0. The molecule has 25 heavy (non-hydrogen) atoms. The van der Waals surface area contributed by atoms with Gasteiger partial charge in [0.05, 0.1) is 0 Å². The van der Waals surface area contributed by atoms with Gasteiger partial charge in [0, 0.05) is 28.7 Å². The van der Waals surface area contributed by atoms with Crippen LogP contribution in [0, 0.1) is 5.92 Å². The van der Waals surface area contributed by atoms with Crippen LogP contribution in [-0.2, 0) is 5.41 Å². The Morgan fingerprint density at radius 3 is 2.60 bits per heavy atom. The molecule has 2 nitrogen and oxygen atoms in total. The molecular formula is C22H25BrN2. The first-order valence-electron chi connectivity index (χ1n) is 9.01. The van der Waals surface area contributed by atoms with Crippen LogP contribution >= 0.6 is 15.9 Å². The predicted molar refractivity (Wildman–Crippen MR) is 110 cm³/mol. The van der Waals surface area contributed by atoms with Gasteiger partial charge in [0.2, 0.25) is 0 Å². The Morgan fingerprint density at radius 1 is 1.12 bits per heavy atom. The summed E-state index contributed by atoms with van der Waals surface area (Å²) in [5.74, 6) is 0.635. The molecule has 0 bridgehead atoms. The lowest BCUT2D eigenvalue weighted by atomic mass is 9.74. The molecule has 2 atom stereocenters. The molecule has 2 aromatic rings. The van der Waals surface area contributed by atoms with Gasteiger partial charge >= 0.3 is 0 Å². The predicted octanol–water partition coefficient (Wildman–Crippen LogP) is 5.20. The average Bonchev–Trinajstić information content (AvgIpc) is 2.80. The highest BCUT2D eigenvalue weighted by Crippen LogP contribution is 2.52. The van der Waals surface area contributed by atoms with Crippen LogP contribution < -0.4 is 10.2 Å². The van der Waals surface area contributed by atoms with E-state index in [9.17, 15) is 0 Å². The molecule has 1 saturated heterocycles. The highest BCUT2D eigenvalue weighted by atomic mass is 79.9. The molecule has 0 radical (unpaired) electrons. The maximum absolute atomic E-state index is 3.89. The van der Waals surface area contributed by atoms with E-state index in [-0.39, 0.29) is 11.1 Å². The van der Waals surface area contributed by atoms with Crippen LogP contribution in [0.5, 0.6) is 0 Å². The molecule has 4 rings (SSSR count). The first-order valence-corrected chi connectivity index (χ1v) is 9.80. The molecule has 0 aromatic heterocycles. The molecule has 0 amide bonds. The molecule has 130 valence electrons. The summed E-state index contributed by atoms with van der Waals surface area (Å²) in [5.41, 5.74) is 3.83. The third-order valence-corrected chi connectivity index (χ3v) is 6.38. The monoisotopic (exact) mass is 396 g/mol. The van der Waals surface area contributed by atoms with Crippen LogP contribution in [0.15, 0.2) is 59.1 Å². The van der Waals surface area contributed by atoms with E-state index in [1.54, 1.807) is 0 Å². The maximum atomic E-state index is 3.89. The van der Waals surface area contributed by atoms with E-state index in [0.29, 0.717) is 5.92 Å². The van der Waals surface area contributed by atoms with Crippen molar-refractivity contribution < 1.29 is 0 Å². The molecular weight excluding hydrogens is 372 g/mol. The zero-order valence-corrected chi connectivity index (χ0v) is 16.7. The molecule has 0 saturated carbocycles. The van der Waals surface area contributed by atoms with E-state index in [1.807, 2.05) is 0 Å². The van der Waals surface area contributed by atoms with Crippen LogP contribution in [-0.4, -0.2) is 18.8 Å². The normalized spacial score (nSPS) is 27.4. The second kappa shape index (κ2) is 6.00. The van der Waals surface area contributed by atoms with Crippen molar-refractivity contribution in [2.75, 3.05) is 18.0 Å². The van der Waals surface area contributed by atoms with E-state index >= 15 is 0 Å². The summed E-state index contributed by atoms with van der Waals surface area (Å²) in [6.45, 7) is 9.17. The van der Waals surface area contributed by atoms with Gasteiger partial charge in [0.1, 0.15) is 5.66 Å². The Bertz CT molecular complexity index is 809. The van der Waals surface area contributed by atoms with E-state index in [0.717, 1.165) is 17.6 Å². The minimum absolute atomic E-state index is 0.00437. The van der Waals surface area contributed by atoms with Crippen molar-refractivity contribution >= 4 is 27.7 Å². The summed E-state index contributed by atoms with van der Waals surface area (Å²) in [4.78, 5) is 2.58. The number of hydrogen-bond donors (Lipinski definition) is 1. The van der Waals surface area contributed by atoms with Crippen LogP contribution in [0.3, 0.4) is 0 Å². The van der Waals surface area contributed by atoms with Gasteiger partial charge in [-0.3, -0.25) is 5.32 Å². The Labute approximate surface area is 159 Å². The fourth-order valence-electron chi connectivity index (χ4n) is 4.38. The van der Waals surface area contributed by atoms with Crippen molar-refractivity contribution in [1.82, 2.24) is 5.32 Å². The first kappa shape index (κ1) is 16.9. The van der Waals surface area contributed by atoms with Gasteiger partial charge < -0.3 is 4.90 Å². The zero-order valence-electron chi connectivity index (χ0n) is 15.1. The highest BCUT2D eigenvalue weighted by molar-refractivity contribution is 9.10. The number of halogens is 1. The topological polar surface area (TPSA) is 15.3 Å². The third kappa shape index (κ3) is 2.56. The molecule has 3 heteroatoms. The average molecular weight is 397 g/mol. The molecule has 2 unspecified atom stereocenters. The smallest absolute Gasteiger partial charge is 0.120 e. The van der Waals surface area contributed by atoms with Crippen molar-refractivity contribution in [3.05, 3.63) is 70.2 Å². The van der Waals surface area contributed by atoms with E-state index < -0.39 is 0 Å². The SMILES string of the molecule is CC1CNC2(/C=C/c3ccc(Br)cc3)N(C1)c1ccccc1C2(C)C. The number of fused-ring (bicyclic) bond motifs is 3. The lowest BCUT2D eigenvalue weighted by molar-refractivity contribution is 0.213. The van der Waals surface area contributed by atoms with E-state index in [1.165, 1.54) is 16.8 Å². The Morgan fingerprint density at radius 2 is 1.84 bits per heavy atom. The van der Waals surface area contributed by atoms with Crippen molar-refractivity contribution in [1.29, 1.82) is 0 Å². The van der Waals surface area contributed by atoms with Gasteiger partial charge in [-0.2, -0.15) is 0 Å². The van der Waals surface area contributed by atoms with Crippen molar-refractivity contribution in [2.24, 2.45) is 5.92 Å². The van der Waals surface area contributed by atoms with Crippen LogP contribution in [0.4, 0.5) is 5.69 Å². The molecule has 2 aliphatic heterocycles. The highest BCUT2D eigenvalue weighted by Gasteiger charge is 2.56. The number of para-hydroxylation sites is 1. The first-order chi connectivity index (χ1) is 11.9. The summed E-state index contributed by atoms with van der Waals surface area (Å²) >= 11 is 3.52. The number of benzene rings is 2. The van der Waals surface area contributed by atoms with E-state index in [2.05, 4.69) is 108 Å². The van der Waals surface area contributed by atoms with Crippen molar-refractivity contribution in [2.45, 2.75) is 31.8 Å². The van der Waals surface area contributed by atoms with Gasteiger partial charge in [-0.15, -0.1) is 0 Å². The Balaban J connectivity index is 1.81. The summed E-state index contributed by atoms with van der Waals surface area (Å²) < 4.78 is 1.11. The molecule has 0 spiro atoms. The number of hydrogen-bond acceptors (Lipinski definition) is 2. The lowest BCUT2D eigenvalue weighted by Crippen LogP contribution is -2.68. The Hall–Kier alpha value is -1.58. The largest absolute Gasteiger partial charge is 0.349 e. The number of rotatable bonds is 2. The molecule has 2 heterocycles. The van der Waals surface area contributed by atoms with Crippen molar-refractivity contribution in [3.8, 4) is 0 Å². The fraction of sp³-hybridized carbons (Fsp3) is 0.364.